The largest absolute Gasteiger partial charge is 0.309 e. The molecule has 0 N–H and O–H groups in total. The zero-order chi connectivity index (χ0) is 32.5. The average molecular weight is 628 g/mol. The highest BCUT2D eigenvalue weighted by Crippen LogP contribution is 2.35. The fourth-order valence-electron chi connectivity index (χ4n) is 7.44. The number of rotatable bonds is 6. The van der Waals surface area contributed by atoms with Crippen molar-refractivity contribution in [2.24, 2.45) is 0 Å². The Morgan fingerprint density at radius 1 is 0.521 bits per heavy atom. The summed E-state index contributed by atoms with van der Waals surface area (Å²) >= 11 is 0. The molecule has 8 aromatic rings. The van der Waals surface area contributed by atoms with Crippen LogP contribution in [0.15, 0.2) is 176 Å². The maximum atomic E-state index is 10.8. The van der Waals surface area contributed by atoms with Crippen molar-refractivity contribution in [1.29, 1.82) is 5.26 Å². The maximum Gasteiger partial charge on any atom is 0.194 e. The summed E-state index contributed by atoms with van der Waals surface area (Å²) in [6.45, 7) is 8.37. The van der Waals surface area contributed by atoms with Crippen molar-refractivity contribution in [3.63, 3.8) is 0 Å². The molecule has 0 radical (unpaired) electrons. The molecule has 0 spiro atoms. The third-order valence-electron chi connectivity index (χ3n) is 9.41. The van der Waals surface area contributed by atoms with E-state index in [-0.39, 0.29) is 0 Å². The first-order valence-corrected chi connectivity index (χ1v) is 18.0. The van der Waals surface area contributed by atoms with Gasteiger partial charge in [0.15, 0.2) is 13.8 Å². The zero-order valence-corrected chi connectivity index (χ0v) is 27.1. The van der Waals surface area contributed by atoms with Gasteiger partial charge in [0.25, 0.3) is 0 Å². The zero-order valence-electron chi connectivity index (χ0n) is 26.1. The Bertz CT molecular complexity index is 2350. The van der Waals surface area contributed by atoms with Gasteiger partial charge >= 0.3 is 0 Å². The molecule has 0 amide bonds. The summed E-state index contributed by atoms with van der Waals surface area (Å²) in [6.07, 6.45) is 0. The molecule has 4 heteroatoms. The van der Waals surface area contributed by atoms with Crippen LogP contribution in [0.4, 0.5) is 5.69 Å². The molecule has 1 aromatic heterocycles. The van der Waals surface area contributed by atoms with Gasteiger partial charge in [-0.15, -0.1) is 0 Å². The van der Waals surface area contributed by atoms with E-state index in [9.17, 15) is 5.26 Å². The summed E-state index contributed by atoms with van der Waals surface area (Å²) in [5, 5.41) is 17.6. The minimum atomic E-state index is -3.15. The molecule has 0 unspecified atom stereocenters. The van der Waals surface area contributed by atoms with Gasteiger partial charge in [0.05, 0.1) is 29.2 Å². The van der Waals surface area contributed by atoms with E-state index < -0.39 is 8.07 Å². The van der Waals surface area contributed by atoms with Crippen LogP contribution < -0.4 is 20.7 Å². The first kappa shape index (κ1) is 29.0. The van der Waals surface area contributed by atoms with Gasteiger partial charge in [-0.3, -0.25) is 0 Å². The number of aromatic nitrogens is 1. The van der Waals surface area contributed by atoms with Gasteiger partial charge in [0, 0.05) is 16.5 Å². The smallest absolute Gasteiger partial charge is 0.194 e. The number of hydrogen-bond donors (Lipinski definition) is 0. The molecular formula is C44H29N3Si. The number of benzene rings is 7. The third kappa shape index (κ3) is 4.48. The van der Waals surface area contributed by atoms with Gasteiger partial charge in [-0.1, -0.05) is 152 Å². The highest BCUT2D eigenvalue weighted by molar-refractivity contribution is 7.20. The number of para-hydroxylation sites is 2. The molecule has 0 saturated carbocycles. The molecule has 1 heterocycles. The third-order valence-corrected chi connectivity index (χ3v) is 14.3. The monoisotopic (exact) mass is 627 g/mol. The molecule has 0 saturated heterocycles. The fourth-order valence-corrected chi connectivity index (χ4v) is 12.6. The average Bonchev–Trinajstić information content (AvgIpc) is 3.51. The van der Waals surface area contributed by atoms with E-state index in [2.05, 4.69) is 161 Å². The molecule has 7 aromatic carbocycles. The summed E-state index contributed by atoms with van der Waals surface area (Å²) in [5.41, 5.74) is 6.18. The summed E-state index contributed by atoms with van der Waals surface area (Å²) in [4.78, 5) is 4.09. The van der Waals surface area contributed by atoms with Crippen LogP contribution in [0.5, 0.6) is 0 Å². The van der Waals surface area contributed by atoms with Gasteiger partial charge in [0.1, 0.15) is 0 Å². The van der Waals surface area contributed by atoms with Crippen LogP contribution in [0.2, 0.25) is 0 Å². The molecule has 3 nitrogen and oxygen atoms in total. The lowest BCUT2D eigenvalue weighted by Gasteiger charge is -2.37. The van der Waals surface area contributed by atoms with Crippen molar-refractivity contribution in [3.8, 4) is 22.9 Å². The fraction of sp³-hybridized carbons (Fsp3) is 0. The molecule has 0 aliphatic carbocycles. The van der Waals surface area contributed by atoms with Gasteiger partial charge < -0.3 is 4.57 Å². The summed E-state index contributed by atoms with van der Waals surface area (Å²) < 4.78 is 2.30. The molecule has 0 fully saturated rings. The Morgan fingerprint density at radius 2 is 0.979 bits per heavy atom. The highest BCUT2D eigenvalue weighted by atomic mass is 28.3. The molecular weight excluding hydrogens is 599 g/mol. The molecule has 8 rings (SSSR count). The summed E-state index contributed by atoms with van der Waals surface area (Å²) in [7, 11) is -3.15. The van der Waals surface area contributed by atoms with Crippen LogP contribution in [-0.2, 0) is 0 Å². The molecule has 0 aliphatic heterocycles. The second kappa shape index (κ2) is 12.0. The first-order valence-electron chi connectivity index (χ1n) is 16.0. The van der Waals surface area contributed by atoms with Crippen molar-refractivity contribution in [3.05, 3.63) is 193 Å². The van der Waals surface area contributed by atoms with Crippen molar-refractivity contribution < 1.29 is 0 Å². The van der Waals surface area contributed by atoms with E-state index in [1.807, 2.05) is 30.3 Å². The van der Waals surface area contributed by atoms with E-state index in [0.717, 1.165) is 48.6 Å². The second-order valence-electron chi connectivity index (χ2n) is 11.9. The number of hydrogen-bond acceptors (Lipinski definition) is 1. The topological polar surface area (TPSA) is 33.1 Å². The van der Waals surface area contributed by atoms with Crippen molar-refractivity contribution in [2.75, 3.05) is 0 Å². The first-order chi connectivity index (χ1) is 23.8. The molecule has 0 aliphatic rings. The second-order valence-corrected chi connectivity index (χ2v) is 15.6. The SMILES string of the molecule is [C-]#[N+]c1ccc(C#N)c([Si](c2ccccc2)(c2ccccc2)c2ccccc2)c1-c1ccc(-n2c3ccccc3c3ccccc32)cc1. The van der Waals surface area contributed by atoms with Crippen LogP contribution in [0, 0.1) is 17.9 Å². The molecule has 0 atom stereocenters. The Labute approximate surface area is 281 Å². The quantitative estimate of drug-likeness (QED) is 0.104. The number of nitrogens with zero attached hydrogens (tertiary/aromatic N) is 3. The van der Waals surface area contributed by atoms with E-state index in [4.69, 9.17) is 6.57 Å². The van der Waals surface area contributed by atoms with Crippen LogP contribution in [0.25, 0.3) is 43.5 Å². The van der Waals surface area contributed by atoms with E-state index in [0.29, 0.717) is 11.3 Å². The predicted octanol–water partition coefficient (Wildman–Crippen LogP) is 8.25. The minimum Gasteiger partial charge on any atom is -0.309 e. The Balaban J connectivity index is 1.45. The summed E-state index contributed by atoms with van der Waals surface area (Å²) in [6, 6.07) is 63.4. The van der Waals surface area contributed by atoms with Gasteiger partial charge in [0.2, 0.25) is 0 Å². The van der Waals surface area contributed by atoms with Gasteiger partial charge in [-0.25, -0.2) is 4.85 Å². The van der Waals surface area contributed by atoms with Crippen LogP contribution >= 0.6 is 0 Å². The summed E-state index contributed by atoms with van der Waals surface area (Å²) in [5.74, 6) is 0. The van der Waals surface area contributed by atoms with Gasteiger partial charge in [-0.05, 0) is 56.1 Å². The maximum absolute atomic E-state index is 10.8. The van der Waals surface area contributed by atoms with Crippen LogP contribution in [0.1, 0.15) is 5.56 Å². The highest BCUT2D eigenvalue weighted by Gasteiger charge is 2.45. The minimum absolute atomic E-state index is 0.535. The molecule has 0 bridgehead atoms. The van der Waals surface area contributed by atoms with Crippen LogP contribution in [-0.4, -0.2) is 12.6 Å². The van der Waals surface area contributed by atoms with Crippen molar-refractivity contribution in [2.45, 2.75) is 0 Å². The van der Waals surface area contributed by atoms with Crippen molar-refractivity contribution >= 4 is 56.3 Å². The van der Waals surface area contributed by atoms with Crippen LogP contribution in [0.3, 0.4) is 0 Å². The normalized spacial score (nSPS) is 11.3. The lowest BCUT2D eigenvalue weighted by atomic mass is 10.0. The Hall–Kier alpha value is -6.46. The van der Waals surface area contributed by atoms with E-state index >= 15 is 0 Å². The standard InChI is InChI=1S/C44H29N3Si/c1-46-40-30-27-33(31-45)44(48(35-15-5-2-6-16-35,36-17-7-3-8-18-36)37-19-9-4-10-20-37)43(40)32-25-28-34(29-26-32)47-41-23-13-11-21-38(41)39-22-12-14-24-42(39)47/h2-30H. The van der Waals surface area contributed by atoms with E-state index in [1.165, 1.54) is 10.8 Å². The predicted molar refractivity (Wildman–Crippen MR) is 201 cm³/mol. The Morgan fingerprint density at radius 3 is 1.44 bits per heavy atom. The lowest BCUT2D eigenvalue weighted by molar-refractivity contribution is 1.18. The Kier molecular flexibility index (Phi) is 7.27. The van der Waals surface area contributed by atoms with Gasteiger partial charge in [-0.2, -0.15) is 5.26 Å². The molecule has 48 heavy (non-hydrogen) atoms. The number of fused-ring (bicyclic) bond motifs is 3. The number of nitriles is 1. The van der Waals surface area contributed by atoms with Crippen molar-refractivity contribution in [1.82, 2.24) is 4.57 Å². The lowest BCUT2D eigenvalue weighted by Crippen LogP contribution is -2.75. The molecule has 224 valence electrons. The van der Waals surface area contributed by atoms with E-state index in [1.54, 1.807) is 0 Å².